The number of hydrogen-bond donors (Lipinski definition) is 1. The highest BCUT2D eigenvalue weighted by Gasteiger charge is 2.25. The molecular weight excluding hydrogens is 1010 g/mol. The monoisotopic (exact) mass is 1120 g/mol. The predicted molar refractivity (Wildman–Crippen MR) is 345 cm³/mol. The number of carboxylic acid groups (broad SMARTS) is 1. The van der Waals surface area contributed by atoms with E-state index in [9.17, 15) is 19.5 Å². The molecule has 0 aromatic heterocycles. The van der Waals surface area contributed by atoms with Crippen LogP contribution in [-0.2, 0) is 33.3 Å². The number of carboxylic acids is 1. The van der Waals surface area contributed by atoms with Gasteiger partial charge < -0.3 is 28.5 Å². The van der Waals surface area contributed by atoms with E-state index in [0.717, 1.165) is 135 Å². The van der Waals surface area contributed by atoms with Crippen molar-refractivity contribution in [3.05, 3.63) is 146 Å². The van der Waals surface area contributed by atoms with Gasteiger partial charge in [0.15, 0.2) is 6.10 Å². The lowest BCUT2D eigenvalue weighted by molar-refractivity contribution is -0.870. The van der Waals surface area contributed by atoms with Crippen LogP contribution in [0.25, 0.3) is 0 Å². The van der Waals surface area contributed by atoms with E-state index in [4.69, 9.17) is 18.9 Å². The van der Waals surface area contributed by atoms with Crippen LogP contribution in [0.4, 0.5) is 0 Å². The number of allylic oxidation sites excluding steroid dienone is 24. The maximum Gasteiger partial charge on any atom is 0.361 e. The first-order valence-corrected chi connectivity index (χ1v) is 32.0. The quantitative estimate of drug-likeness (QED) is 0.0211. The number of ether oxygens (including phenoxy) is 4. The summed E-state index contributed by atoms with van der Waals surface area (Å²) in [6.07, 6.45) is 86.4. The van der Waals surface area contributed by atoms with Crippen LogP contribution in [0.1, 0.15) is 232 Å². The SMILES string of the molecule is CC/C=C\C/C=C\C/C=C\C/C=C\C/C=C\C/C=C\C/C=C\C/C=C\CCCCCCCCC(=O)OC(COC(=O)CCCCCCCCCCCCCC/C=C\C/C=C\C/C=C\C/C=C\CC)COC(OCC[N+](C)(C)C)C(=O)O. The third kappa shape index (κ3) is 62.6. The van der Waals surface area contributed by atoms with Crippen molar-refractivity contribution in [1.29, 1.82) is 0 Å². The van der Waals surface area contributed by atoms with Crippen molar-refractivity contribution in [3.63, 3.8) is 0 Å². The highest BCUT2D eigenvalue weighted by Crippen LogP contribution is 2.15. The summed E-state index contributed by atoms with van der Waals surface area (Å²) >= 11 is 0. The van der Waals surface area contributed by atoms with E-state index in [1.54, 1.807) is 0 Å². The molecular formula is C72H118NO8+. The lowest BCUT2D eigenvalue weighted by atomic mass is 10.0. The zero-order valence-corrected chi connectivity index (χ0v) is 52.1. The second kappa shape index (κ2) is 61.2. The van der Waals surface area contributed by atoms with Crippen molar-refractivity contribution in [1.82, 2.24) is 0 Å². The Kier molecular flexibility index (Phi) is 57.6. The molecule has 9 heteroatoms. The fraction of sp³-hybridized carbons (Fsp3) is 0.625. The number of unbranched alkanes of at least 4 members (excludes halogenated alkanes) is 18. The lowest BCUT2D eigenvalue weighted by Crippen LogP contribution is -2.40. The highest BCUT2D eigenvalue weighted by atomic mass is 16.7. The maximum atomic E-state index is 12.9. The minimum absolute atomic E-state index is 0.176. The van der Waals surface area contributed by atoms with Crippen LogP contribution < -0.4 is 0 Å². The van der Waals surface area contributed by atoms with E-state index >= 15 is 0 Å². The van der Waals surface area contributed by atoms with Gasteiger partial charge in [0.05, 0.1) is 34.4 Å². The second-order valence-corrected chi connectivity index (χ2v) is 22.0. The molecule has 0 spiro atoms. The third-order valence-electron chi connectivity index (χ3n) is 13.1. The number of carbonyl (C=O) groups is 3. The molecule has 0 saturated carbocycles. The van der Waals surface area contributed by atoms with E-state index < -0.39 is 24.3 Å². The van der Waals surface area contributed by atoms with Gasteiger partial charge in [0.1, 0.15) is 13.2 Å². The first-order valence-electron chi connectivity index (χ1n) is 32.0. The molecule has 0 saturated heterocycles. The van der Waals surface area contributed by atoms with Crippen LogP contribution >= 0.6 is 0 Å². The number of esters is 2. The molecule has 0 rings (SSSR count). The van der Waals surface area contributed by atoms with Gasteiger partial charge in [-0.05, 0) is 116 Å². The van der Waals surface area contributed by atoms with Crippen molar-refractivity contribution in [2.24, 2.45) is 0 Å². The Morgan fingerprint density at radius 2 is 0.667 bits per heavy atom. The number of quaternary nitrogens is 1. The van der Waals surface area contributed by atoms with Crippen LogP contribution in [0.2, 0.25) is 0 Å². The Hall–Kier alpha value is -4.83. The number of hydrogen-bond acceptors (Lipinski definition) is 7. The van der Waals surface area contributed by atoms with Crippen LogP contribution in [0.3, 0.4) is 0 Å². The molecule has 0 aliphatic heterocycles. The summed E-state index contributed by atoms with van der Waals surface area (Å²) in [6.45, 7) is 4.62. The van der Waals surface area contributed by atoms with Gasteiger partial charge in [-0.15, -0.1) is 0 Å². The standard InChI is InChI=1S/C72H117NO8/c1-6-8-10-12-14-16-18-20-22-24-26-28-30-32-33-34-35-36-37-39-41-43-45-47-49-51-53-55-57-59-61-63-70(75)81-68(67-80-72(71(76)77)78-65-64-73(3,4)5)66-79-69(74)62-60-58-56-54-52-50-48-46-44-42-40-38-31-29-27-25-23-21-19-17-15-13-11-9-7-2/h8-11,14-17,20-23,26-29,32-33,35-36,39,41,45,47,68,72H,6-7,12-13,18-19,24-25,30-31,34,37-38,40,42-44,46,48-67H2,1-5H3/p+1/b10-8-,11-9-,16-14-,17-15-,22-20-,23-21-,28-26-,29-27-,33-32-,36-35-,41-39-,47-45-. The maximum absolute atomic E-state index is 12.9. The fourth-order valence-electron chi connectivity index (χ4n) is 8.26. The van der Waals surface area contributed by atoms with Gasteiger partial charge in [0, 0.05) is 12.8 Å². The Morgan fingerprint density at radius 1 is 0.370 bits per heavy atom. The summed E-state index contributed by atoms with van der Waals surface area (Å²) in [5.74, 6) is -2.04. The van der Waals surface area contributed by atoms with Crippen molar-refractivity contribution in [3.8, 4) is 0 Å². The molecule has 2 unspecified atom stereocenters. The van der Waals surface area contributed by atoms with Crippen molar-refractivity contribution >= 4 is 17.9 Å². The van der Waals surface area contributed by atoms with Crippen LogP contribution in [0, 0.1) is 0 Å². The van der Waals surface area contributed by atoms with E-state index in [0.29, 0.717) is 17.4 Å². The minimum atomic E-state index is -1.53. The highest BCUT2D eigenvalue weighted by molar-refractivity contribution is 5.71. The molecule has 0 heterocycles. The fourth-order valence-corrected chi connectivity index (χ4v) is 8.26. The Morgan fingerprint density at radius 3 is 0.988 bits per heavy atom. The number of nitrogens with zero attached hydrogens (tertiary/aromatic N) is 1. The molecule has 0 bridgehead atoms. The molecule has 0 amide bonds. The van der Waals surface area contributed by atoms with Crippen LogP contribution in [-0.4, -0.2) is 87.4 Å². The molecule has 2 atom stereocenters. The molecule has 0 aromatic rings. The number of likely N-dealkylation sites (N-methyl/N-ethyl adjacent to an activating group) is 1. The zero-order chi connectivity index (χ0) is 59.1. The normalized spacial score (nSPS) is 13.7. The summed E-state index contributed by atoms with van der Waals surface area (Å²) in [7, 11) is 5.96. The van der Waals surface area contributed by atoms with Gasteiger partial charge in [0.25, 0.3) is 6.29 Å². The molecule has 9 nitrogen and oxygen atoms in total. The summed E-state index contributed by atoms with van der Waals surface area (Å²) in [4.78, 5) is 37.6. The van der Waals surface area contributed by atoms with Gasteiger partial charge in [-0.2, -0.15) is 0 Å². The summed E-state index contributed by atoms with van der Waals surface area (Å²) < 4.78 is 22.9. The lowest BCUT2D eigenvalue weighted by Gasteiger charge is -2.25. The molecule has 1 N–H and O–H groups in total. The smallest absolute Gasteiger partial charge is 0.361 e. The topological polar surface area (TPSA) is 108 Å². The average molecular weight is 1130 g/mol. The van der Waals surface area contributed by atoms with Gasteiger partial charge in [0.2, 0.25) is 0 Å². The number of aliphatic carboxylic acids is 1. The summed E-state index contributed by atoms with van der Waals surface area (Å²) in [5.41, 5.74) is 0. The molecule has 0 fully saturated rings. The molecule has 81 heavy (non-hydrogen) atoms. The largest absolute Gasteiger partial charge is 0.477 e. The first-order chi connectivity index (χ1) is 39.6. The Bertz CT molecular complexity index is 1840. The van der Waals surface area contributed by atoms with E-state index in [1.165, 1.54) is 64.2 Å². The Balaban J connectivity index is 4.27. The van der Waals surface area contributed by atoms with Crippen molar-refractivity contribution < 1.29 is 42.9 Å². The van der Waals surface area contributed by atoms with Gasteiger partial charge in [-0.1, -0.05) is 250 Å². The molecule has 0 aliphatic rings. The number of carbonyl (C=O) groups excluding carboxylic acids is 2. The molecule has 0 radical (unpaired) electrons. The van der Waals surface area contributed by atoms with Crippen LogP contribution in [0.5, 0.6) is 0 Å². The van der Waals surface area contributed by atoms with E-state index in [2.05, 4.69) is 160 Å². The summed E-state index contributed by atoms with van der Waals surface area (Å²) in [6, 6.07) is 0. The third-order valence-corrected chi connectivity index (χ3v) is 13.1. The second-order valence-electron chi connectivity index (χ2n) is 22.0. The van der Waals surface area contributed by atoms with Gasteiger partial charge in [-0.25, -0.2) is 4.79 Å². The van der Waals surface area contributed by atoms with Gasteiger partial charge in [-0.3, -0.25) is 9.59 Å². The molecule has 0 aliphatic carbocycles. The van der Waals surface area contributed by atoms with E-state index in [1.807, 2.05) is 21.1 Å². The average Bonchev–Trinajstić information content (AvgIpc) is 3.44. The van der Waals surface area contributed by atoms with E-state index in [-0.39, 0.29) is 38.6 Å². The first kappa shape index (κ1) is 76.2. The Labute approximate surface area is 496 Å². The zero-order valence-electron chi connectivity index (χ0n) is 52.1. The minimum Gasteiger partial charge on any atom is -0.477 e. The molecule has 0 aromatic carbocycles. The van der Waals surface area contributed by atoms with Crippen LogP contribution in [0.15, 0.2) is 146 Å². The van der Waals surface area contributed by atoms with Crippen molar-refractivity contribution in [2.75, 3.05) is 47.5 Å². The molecule has 458 valence electrons. The predicted octanol–water partition coefficient (Wildman–Crippen LogP) is 19.6. The summed E-state index contributed by atoms with van der Waals surface area (Å²) in [5, 5.41) is 9.73. The van der Waals surface area contributed by atoms with Crippen molar-refractivity contribution in [2.45, 2.75) is 245 Å². The number of rotatable bonds is 57. The van der Waals surface area contributed by atoms with Gasteiger partial charge >= 0.3 is 17.9 Å².